The lowest BCUT2D eigenvalue weighted by molar-refractivity contribution is -0.112. The maximum absolute atomic E-state index is 12.5. The summed E-state index contributed by atoms with van der Waals surface area (Å²) in [6.07, 6.45) is 0. The smallest absolute Gasteiger partial charge is 0.326 e. The maximum Gasteiger partial charge on any atom is 0.326 e. The fourth-order valence-electron chi connectivity index (χ4n) is 2.25. The summed E-state index contributed by atoms with van der Waals surface area (Å²) in [6, 6.07) is 7.09. The van der Waals surface area contributed by atoms with Gasteiger partial charge in [0.15, 0.2) is 0 Å². The second-order valence-corrected chi connectivity index (χ2v) is 7.37. The first kappa shape index (κ1) is 15.1. The van der Waals surface area contributed by atoms with E-state index in [1.165, 1.54) is 23.5 Å². The fraction of sp³-hybridized carbons (Fsp3) is 0. The van der Waals surface area contributed by atoms with Crippen molar-refractivity contribution < 1.29 is 14.7 Å². The van der Waals surface area contributed by atoms with Crippen LogP contribution >= 0.6 is 38.9 Å². The zero-order chi connectivity index (χ0) is 16.0. The molecule has 0 saturated carbocycles. The van der Waals surface area contributed by atoms with Crippen molar-refractivity contribution in [2.75, 3.05) is 4.90 Å². The molecule has 3 N–H and O–H groups in total. The fourth-order valence-corrected chi connectivity index (χ4v) is 3.76. The van der Waals surface area contributed by atoms with Gasteiger partial charge in [-0.05, 0) is 46.3 Å². The molecule has 0 unspecified atom stereocenters. The van der Waals surface area contributed by atoms with Crippen LogP contribution in [-0.4, -0.2) is 17.0 Å². The van der Waals surface area contributed by atoms with E-state index >= 15 is 0 Å². The van der Waals surface area contributed by atoms with Crippen LogP contribution in [0.15, 0.2) is 34.1 Å². The number of urea groups is 1. The predicted octanol–water partition coefficient (Wildman–Crippen LogP) is 4.02. The minimum Gasteiger partial charge on any atom is -0.506 e. The SMILES string of the molecule is NC(=O)N1C(=O)C(=C(O)c2ccc(Br)s2)c2cc(Cl)ccc21. The van der Waals surface area contributed by atoms with Crippen LogP contribution < -0.4 is 10.6 Å². The molecule has 22 heavy (non-hydrogen) atoms. The van der Waals surface area contributed by atoms with Crippen LogP contribution in [0.3, 0.4) is 0 Å². The van der Waals surface area contributed by atoms with Gasteiger partial charge in [0.1, 0.15) is 5.76 Å². The Balaban J connectivity index is 2.27. The molecule has 0 radical (unpaired) electrons. The van der Waals surface area contributed by atoms with Crippen LogP contribution in [-0.2, 0) is 4.79 Å². The van der Waals surface area contributed by atoms with E-state index in [0.29, 0.717) is 21.2 Å². The summed E-state index contributed by atoms with van der Waals surface area (Å²) in [7, 11) is 0. The number of nitrogens with two attached hydrogens (primary N) is 1. The first-order chi connectivity index (χ1) is 10.4. The van der Waals surface area contributed by atoms with Crippen molar-refractivity contribution in [1.82, 2.24) is 0 Å². The number of halogens is 2. The van der Waals surface area contributed by atoms with Crippen molar-refractivity contribution in [2.45, 2.75) is 0 Å². The summed E-state index contributed by atoms with van der Waals surface area (Å²) in [5, 5.41) is 10.9. The summed E-state index contributed by atoms with van der Waals surface area (Å²) in [4.78, 5) is 25.4. The number of primary amides is 1. The standard InChI is InChI=1S/C14H8BrClN2O3S/c15-10-4-3-9(22-10)12(19)11-7-5-6(16)1-2-8(7)18(13(11)20)14(17)21/h1-5,19H,(H2,17,21). The second kappa shape index (κ2) is 5.42. The maximum atomic E-state index is 12.5. The molecular weight excluding hydrogens is 392 g/mol. The van der Waals surface area contributed by atoms with E-state index in [9.17, 15) is 14.7 Å². The number of nitrogens with zero attached hydrogens (tertiary/aromatic N) is 1. The quantitative estimate of drug-likeness (QED) is 0.561. The Kier molecular flexibility index (Phi) is 3.72. The van der Waals surface area contributed by atoms with E-state index in [2.05, 4.69) is 15.9 Å². The van der Waals surface area contributed by atoms with Gasteiger partial charge in [0.05, 0.1) is 19.9 Å². The van der Waals surface area contributed by atoms with E-state index in [-0.39, 0.29) is 11.3 Å². The molecule has 0 spiro atoms. The van der Waals surface area contributed by atoms with Crippen molar-refractivity contribution in [3.8, 4) is 0 Å². The van der Waals surface area contributed by atoms with Gasteiger partial charge in [0, 0.05) is 10.6 Å². The lowest BCUT2D eigenvalue weighted by Gasteiger charge is -2.11. The molecule has 0 aliphatic carbocycles. The number of rotatable bonds is 1. The summed E-state index contributed by atoms with van der Waals surface area (Å²) in [6.45, 7) is 0. The zero-order valence-corrected chi connectivity index (χ0v) is 14.0. The molecule has 8 heteroatoms. The number of aliphatic hydroxyl groups excluding tert-OH is 1. The van der Waals surface area contributed by atoms with Crippen LogP contribution in [0.2, 0.25) is 5.02 Å². The molecule has 5 nitrogen and oxygen atoms in total. The number of aliphatic hydroxyl groups is 1. The second-order valence-electron chi connectivity index (χ2n) is 4.47. The number of hydrogen-bond acceptors (Lipinski definition) is 4. The highest BCUT2D eigenvalue weighted by atomic mass is 79.9. The number of carbonyl (C=O) groups excluding carboxylic acids is 2. The van der Waals surface area contributed by atoms with Crippen molar-refractivity contribution >= 4 is 67.8 Å². The average Bonchev–Trinajstić information content (AvgIpc) is 2.98. The largest absolute Gasteiger partial charge is 0.506 e. The molecular formula is C14H8BrClN2O3S. The Morgan fingerprint density at radius 2 is 2.05 bits per heavy atom. The minimum absolute atomic E-state index is 0.00523. The molecule has 0 atom stereocenters. The van der Waals surface area contributed by atoms with Crippen molar-refractivity contribution in [3.63, 3.8) is 0 Å². The van der Waals surface area contributed by atoms with Gasteiger partial charge >= 0.3 is 6.03 Å². The summed E-state index contributed by atoms with van der Waals surface area (Å²) >= 11 is 10.5. The third-order valence-electron chi connectivity index (χ3n) is 3.15. The van der Waals surface area contributed by atoms with Gasteiger partial charge in [-0.3, -0.25) is 4.79 Å². The van der Waals surface area contributed by atoms with E-state index in [4.69, 9.17) is 17.3 Å². The van der Waals surface area contributed by atoms with Gasteiger partial charge in [0.25, 0.3) is 5.91 Å². The molecule has 1 aromatic heterocycles. The highest BCUT2D eigenvalue weighted by Gasteiger charge is 2.38. The molecule has 112 valence electrons. The average molecular weight is 400 g/mol. The minimum atomic E-state index is -0.913. The molecule has 0 bridgehead atoms. The van der Waals surface area contributed by atoms with Gasteiger partial charge in [-0.1, -0.05) is 11.6 Å². The number of fused-ring (bicyclic) bond motifs is 1. The van der Waals surface area contributed by atoms with E-state index in [0.717, 1.165) is 8.69 Å². The van der Waals surface area contributed by atoms with Crippen LogP contribution in [0.5, 0.6) is 0 Å². The number of benzene rings is 1. The monoisotopic (exact) mass is 398 g/mol. The summed E-state index contributed by atoms with van der Waals surface area (Å²) in [5.41, 5.74) is 5.95. The van der Waals surface area contributed by atoms with E-state index < -0.39 is 11.9 Å². The van der Waals surface area contributed by atoms with Crippen LogP contribution in [0.1, 0.15) is 10.4 Å². The van der Waals surface area contributed by atoms with E-state index in [1.807, 2.05) is 0 Å². The molecule has 2 aromatic rings. The van der Waals surface area contributed by atoms with Crippen molar-refractivity contribution in [1.29, 1.82) is 0 Å². The Bertz CT molecular complexity index is 846. The molecule has 1 aromatic carbocycles. The topological polar surface area (TPSA) is 83.6 Å². The van der Waals surface area contributed by atoms with Crippen molar-refractivity contribution in [2.24, 2.45) is 5.73 Å². The van der Waals surface area contributed by atoms with Gasteiger partial charge in [-0.25, -0.2) is 9.69 Å². The molecule has 0 fully saturated rings. The van der Waals surface area contributed by atoms with Gasteiger partial charge < -0.3 is 10.8 Å². The molecule has 1 aliphatic heterocycles. The lowest BCUT2D eigenvalue weighted by Crippen LogP contribution is -2.37. The van der Waals surface area contributed by atoms with Crippen LogP contribution in [0.25, 0.3) is 11.3 Å². The third-order valence-corrected chi connectivity index (χ3v) is 5.02. The number of carbonyl (C=O) groups is 2. The predicted molar refractivity (Wildman–Crippen MR) is 90.0 cm³/mol. The number of imide groups is 1. The molecule has 3 amide bonds. The Labute approximate surface area is 142 Å². The van der Waals surface area contributed by atoms with Gasteiger partial charge in [-0.15, -0.1) is 11.3 Å². The summed E-state index contributed by atoms with van der Waals surface area (Å²) < 4.78 is 0.804. The first-order valence-electron chi connectivity index (χ1n) is 6.03. The van der Waals surface area contributed by atoms with Crippen LogP contribution in [0.4, 0.5) is 10.5 Å². The molecule has 3 rings (SSSR count). The Hall–Kier alpha value is -1.83. The summed E-state index contributed by atoms with van der Waals surface area (Å²) in [5.74, 6) is -0.889. The normalized spacial score (nSPS) is 15.9. The Morgan fingerprint density at radius 1 is 1.32 bits per heavy atom. The molecule has 2 heterocycles. The highest BCUT2D eigenvalue weighted by Crippen LogP contribution is 2.42. The Morgan fingerprint density at radius 3 is 2.64 bits per heavy atom. The van der Waals surface area contributed by atoms with Crippen molar-refractivity contribution in [3.05, 3.63) is 49.6 Å². The number of hydrogen-bond donors (Lipinski definition) is 2. The van der Waals surface area contributed by atoms with Crippen LogP contribution in [0, 0.1) is 0 Å². The number of anilines is 1. The first-order valence-corrected chi connectivity index (χ1v) is 8.01. The highest BCUT2D eigenvalue weighted by molar-refractivity contribution is 9.11. The molecule has 1 aliphatic rings. The van der Waals surface area contributed by atoms with Gasteiger partial charge in [0.2, 0.25) is 0 Å². The van der Waals surface area contributed by atoms with Gasteiger partial charge in [-0.2, -0.15) is 0 Å². The number of thiophene rings is 1. The zero-order valence-electron chi connectivity index (χ0n) is 10.8. The van der Waals surface area contributed by atoms with E-state index in [1.54, 1.807) is 18.2 Å². The molecule has 0 saturated heterocycles. The number of amides is 3. The lowest BCUT2D eigenvalue weighted by atomic mass is 10.1. The third kappa shape index (κ3) is 2.31.